The highest BCUT2D eigenvalue weighted by molar-refractivity contribution is 7.80. The lowest BCUT2D eigenvalue weighted by Crippen LogP contribution is -2.30. The van der Waals surface area contributed by atoms with Crippen molar-refractivity contribution in [3.8, 4) is 0 Å². The van der Waals surface area contributed by atoms with Gasteiger partial charge in [0.2, 0.25) is 0 Å². The highest BCUT2D eigenvalue weighted by Gasteiger charge is 2.18. The number of anilines is 2. The Balaban J connectivity index is 1.91. The third kappa shape index (κ3) is 5.85. The van der Waals surface area contributed by atoms with Gasteiger partial charge in [-0.3, -0.25) is 4.55 Å². The van der Waals surface area contributed by atoms with E-state index in [1.165, 1.54) is 4.31 Å². The molecule has 1 unspecified atom stereocenters. The van der Waals surface area contributed by atoms with Gasteiger partial charge >= 0.3 is 5.97 Å². The second kappa shape index (κ2) is 8.33. The monoisotopic (exact) mass is 380 g/mol. The lowest BCUT2D eigenvalue weighted by atomic mass is 10.1. The SMILES string of the molecule is Cn1cnc(N(CCNc2ccc(C(=O)OC(C)(C)C)cc2)S(=O)O)c1. The van der Waals surface area contributed by atoms with Gasteiger partial charge in [-0.1, -0.05) is 0 Å². The zero-order valence-corrected chi connectivity index (χ0v) is 16.1. The van der Waals surface area contributed by atoms with E-state index in [1.54, 1.807) is 48.4 Å². The van der Waals surface area contributed by atoms with Crippen LogP contribution >= 0.6 is 0 Å². The largest absolute Gasteiger partial charge is 0.456 e. The zero-order chi connectivity index (χ0) is 19.3. The molecule has 2 N–H and O–H groups in total. The van der Waals surface area contributed by atoms with Crippen molar-refractivity contribution < 1.29 is 18.3 Å². The molecule has 0 spiro atoms. The van der Waals surface area contributed by atoms with E-state index < -0.39 is 16.9 Å². The van der Waals surface area contributed by atoms with Gasteiger partial charge in [-0.25, -0.2) is 18.3 Å². The Morgan fingerprint density at radius 3 is 2.50 bits per heavy atom. The van der Waals surface area contributed by atoms with Crippen LogP contribution in [0.5, 0.6) is 0 Å². The Morgan fingerprint density at radius 1 is 1.35 bits per heavy atom. The van der Waals surface area contributed by atoms with Crippen LogP contribution in [0.15, 0.2) is 36.8 Å². The van der Waals surface area contributed by atoms with Gasteiger partial charge in [-0.05, 0) is 45.0 Å². The van der Waals surface area contributed by atoms with Crippen molar-refractivity contribution in [2.75, 3.05) is 22.7 Å². The van der Waals surface area contributed by atoms with E-state index >= 15 is 0 Å². The molecule has 0 radical (unpaired) electrons. The number of carbonyl (C=O) groups excluding carboxylic acids is 1. The molecule has 0 aliphatic rings. The number of hydrogen-bond donors (Lipinski definition) is 2. The molecule has 142 valence electrons. The fourth-order valence-electron chi connectivity index (χ4n) is 2.16. The number of nitrogens with one attached hydrogen (secondary N) is 1. The summed E-state index contributed by atoms with van der Waals surface area (Å²) in [7, 11) is 1.79. The summed E-state index contributed by atoms with van der Waals surface area (Å²) in [5, 5.41) is 3.15. The average Bonchev–Trinajstić information content (AvgIpc) is 2.96. The van der Waals surface area contributed by atoms with Crippen molar-refractivity contribution in [2.24, 2.45) is 7.05 Å². The molecular formula is C17H24N4O4S. The van der Waals surface area contributed by atoms with E-state index in [1.807, 2.05) is 20.8 Å². The van der Waals surface area contributed by atoms with Crippen LogP contribution in [0.3, 0.4) is 0 Å². The van der Waals surface area contributed by atoms with E-state index in [4.69, 9.17) is 4.74 Å². The first-order valence-electron chi connectivity index (χ1n) is 8.09. The van der Waals surface area contributed by atoms with Gasteiger partial charge in [-0.2, -0.15) is 0 Å². The highest BCUT2D eigenvalue weighted by Crippen LogP contribution is 2.15. The minimum absolute atomic E-state index is 0.286. The van der Waals surface area contributed by atoms with Crippen molar-refractivity contribution in [2.45, 2.75) is 26.4 Å². The van der Waals surface area contributed by atoms with Crippen LogP contribution in [-0.2, 0) is 23.1 Å². The topological polar surface area (TPSA) is 96.7 Å². The number of nitrogens with zero attached hydrogens (tertiary/aromatic N) is 3. The Labute approximate surface area is 155 Å². The van der Waals surface area contributed by atoms with Crippen molar-refractivity contribution in [3.63, 3.8) is 0 Å². The molecule has 0 aliphatic carbocycles. The van der Waals surface area contributed by atoms with Gasteiger partial charge in [0.15, 0.2) is 5.82 Å². The average molecular weight is 380 g/mol. The van der Waals surface area contributed by atoms with Gasteiger partial charge < -0.3 is 14.6 Å². The number of benzene rings is 1. The van der Waals surface area contributed by atoms with Gasteiger partial charge in [0, 0.05) is 25.5 Å². The molecule has 0 fully saturated rings. The van der Waals surface area contributed by atoms with Gasteiger partial charge in [0.25, 0.3) is 11.3 Å². The molecule has 0 saturated heterocycles. The first-order valence-corrected chi connectivity index (χ1v) is 9.16. The molecule has 1 aromatic heterocycles. The summed E-state index contributed by atoms with van der Waals surface area (Å²) >= 11 is -2.16. The van der Waals surface area contributed by atoms with E-state index in [0.29, 0.717) is 17.9 Å². The molecule has 0 saturated carbocycles. The zero-order valence-electron chi connectivity index (χ0n) is 15.3. The molecule has 1 aromatic carbocycles. The first-order chi connectivity index (χ1) is 12.2. The quantitative estimate of drug-likeness (QED) is 0.566. The minimum Gasteiger partial charge on any atom is -0.456 e. The van der Waals surface area contributed by atoms with E-state index in [9.17, 15) is 13.6 Å². The Kier molecular flexibility index (Phi) is 6.38. The summed E-state index contributed by atoms with van der Waals surface area (Å²) in [6, 6.07) is 6.88. The number of aryl methyl sites for hydroxylation is 1. The van der Waals surface area contributed by atoms with E-state index in [2.05, 4.69) is 10.3 Å². The Hall–Kier alpha value is -2.39. The normalized spacial score (nSPS) is 12.5. The molecule has 2 rings (SSSR count). The van der Waals surface area contributed by atoms with E-state index in [-0.39, 0.29) is 12.5 Å². The predicted molar refractivity (Wildman–Crippen MR) is 101 cm³/mol. The standard InChI is InChI=1S/C17H24N4O4S/c1-17(2,3)25-16(22)13-5-7-14(8-6-13)18-9-10-21(26(23)24)15-11-20(4)12-19-15/h5-8,11-12,18H,9-10H2,1-4H3,(H,23,24). The van der Waals surface area contributed by atoms with Crippen LogP contribution in [-0.4, -0.2) is 43.0 Å². The molecular weight excluding hydrogens is 356 g/mol. The maximum Gasteiger partial charge on any atom is 0.338 e. The summed E-state index contributed by atoms with van der Waals surface area (Å²) < 4.78 is 29.2. The van der Waals surface area contributed by atoms with Crippen molar-refractivity contribution >= 4 is 28.7 Å². The summed E-state index contributed by atoms with van der Waals surface area (Å²) in [4.78, 5) is 16.1. The van der Waals surface area contributed by atoms with Crippen LogP contribution in [0, 0.1) is 0 Å². The Bertz CT molecular complexity index is 768. The number of hydrogen-bond acceptors (Lipinski definition) is 5. The van der Waals surface area contributed by atoms with Gasteiger partial charge in [-0.15, -0.1) is 0 Å². The fourth-order valence-corrected chi connectivity index (χ4v) is 2.67. The number of esters is 1. The van der Waals surface area contributed by atoms with Crippen LogP contribution in [0.1, 0.15) is 31.1 Å². The smallest absolute Gasteiger partial charge is 0.338 e. The molecule has 1 atom stereocenters. The molecule has 2 aromatic rings. The summed E-state index contributed by atoms with van der Waals surface area (Å²) in [5.41, 5.74) is 0.724. The van der Waals surface area contributed by atoms with Crippen molar-refractivity contribution in [3.05, 3.63) is 42.4 Å². The van der Waals surface area contributed by atoms with E-state index in [0.717, 1.165) is 5.69 Å². The number of aromatic nitrogens is 2. The van der Waals surface area contributed by atoms with Crippen LogP contribution in [0.2, 0.25) is 0 Å². The molecule has 9 heteroatoms. The molecule has 0 bridgehead atoms. The van der Waals surface area contributed by atoms with Crippen molar-refractivity contribution in [1.82, 2.24) is 9.55 Å². The number of carbonyl (C=O) groups is 1. The molecule has 1 heterocycles. The Morgan fingerprint density at radius 2 is 2.00 bits per heavy atom. The maximum atomic E-state index is 12.0. The third-order valence-corrected chi connectivity index (χ3v) is 4.05. The minimum atomic E-state index is -2.16. The lowest BCUT2D eigenvalue weighted by molar-refractivity contribution is 0.00695. The number of imidazole rings is 1. The second-order valence-corrected chi connectivity index (χ2v) is 7.64. The van der Waals surface area contributed by atoms with Crippen LogP contribution in [0.4, 0.5) is 11.5 Å². The van der Waals surface area contributed by atoms with Crippen molar-refractivity contribution in [1.29, 1.82) is 0 Å². The molecule has 0 amide bonds. The number of rotatable bonds is 7. The molecule has 8 nitrogen and oxygen atoms in total. The van der Waals surface area contributed by atoms with Gasteiger partial charge in [0.05, 0.1) is 18.4 Å². The number of ether oxygens (including phenoxy) is 1. The highest BCUT2D eigenvalue weighted by atomic mass is 32.2. The summed E-state index contributed by atoms with van der Waals surface area (Å²) in [6.07, 6.45) is 3.24. The third-order valence-electron chi connectivity index (χ3n) is 3.30. The molecule has 26 heavy (non-hydrogen) atoms. The van der Waals surface area contributed by atoms with Gasteiger partial charge in [0.1, 0.15) is 5.60 Å². The maximum absolute atomic E-state index is 12.0. The molecule has 0 aliphatic heterocycles. The first kappa shape index (κ1) is 19.9. The summed E-state index contributed by atoms with van der Waals surface area (Å²) in [6.45, 7) is 6.17. The second-order valence-electron chi connectivity index (χ2n) is 6.74. The lowest BCUT2D eigenvalue weighted by Gasteiger charge is -2.19. The van der Waals surface area contributed by atoms with Crippen LogP contribution in [0.25, 0.3) is 0 Å². The summed E-state index contributed by atoms with van der Waals surface area (Å²) in [5.74, 6) is 0.0523. The predicted octanol–water partition coefficient (Wildman–Crippen LogP) is 2.43. The fraction of sp³-hybridized carbons (Fsp3) is 0.412. The van der Waals surface area contributed by atoms with Crippen LogP contribution < -0.4 is 9.62 Å².